The van der Waals surface area contributed by atoms with Crippen LogP contribution >= 0.6 is 11.6 Å². The Bertz CT molecular complexity index is 369. The minimum atomic E-state index is 0.193. The molecule has 1 aromatic heterocycles. The highest BCUT2D eigenvalue weighted by Crippen LogP contribution is 2.27. The zero-order valence-corrected chi connectivity index (χ0v) is 12.4. The van der Waals surface area contributed by atoms with E-state index in [0.29, 0.717) is 0 Å². The SMILES string of the molecule is CCCNCC(C)(C)Cc1c(Cl)c(C)nn1C. The van der Waals surface area contributed by atoms with Crippen LogP contribution in [0, 0.1) is 12.3 Å². The first-order valence-corrected chi connectivity index (χ1v) is 6.64. The van der Waals surface area contributed by atoms with E-state index in [-0.39, 0.29) is 5.41 Å². The van der Waals surface area contributed by atoms with Crippen LogP contribution in [0.15, 0.2) is 0 Å². The molecule has 0 radical (unpaired) electrons. The van der Waals surface area contributed by atoms with Gasteiger partial charge in [-0.25, -0.2) is 0 Å². The fourth-order valence-corrected chi connectivity index (χ4v) is 2.22. The van der Waals surface area contributed by atoms with E-state index in [4.69, 9.17) is 11.6 Å². The Hall–Kier alpha value is -0.540. The van der Waals surface area contributed by atoms with E-state index < -0.39 is 0 Å². The molecule has 17 heavy (non-hydrogen) atoms. The smallest absolute Gasteiger partial charge is 0.0847 e. The Morgan fingerprint density at radius 2 is 2.06 bits per heavy atom. The van der Waals surface area contributed by atoms with Crippen LogP contribution in [0.2, 0.25) is 5.02 Å². The van der Waals surface area contributed by atoms with Gasteiger partial charge in [0.2, 0.25) is 0 Å². The van der Waals surface area contributed by atoms with Gasteiger partial charge in [0, 0.05) is 13.6 Å². The summed E-state index contributed by atoms with van der Waals surface area (Å²) in [6.07, 6.45) is 2.11. The van der Waals surface area contributed by atoms with Crippen molar-refractivity contribution in [1.82, 2.24) is 15.1 Å². The summed E-state index contributed by atoms with van der Waals surface area (Å²) in [6, 6.07) is 0. The second kappa shape index (κ2) is 5.87. The van der Waals surface area contributed by atoms with Crippen molar-refractivity contribution in [3.63, 3.8) is 0 Å². The van der Waals surface area contributed by atoms with E-state index in [1.807, 2.05) is 18.7 Å². The molecule has 0 unspecified atom stereocenters. The van der Waals surface area contributed by atoms with Crippen LogP contribution in [0.4, 0.5) is 0 Å². The number of aryl methyl sites for hydroxylation is 2. The molecule has 1 heterocycles. The van der Waals surface area contributed by atoms with Gasteiger partial charge in [-0.1, -0.05) is 32.4 Å². The molecule has 0 aliphatic carbocycles. The van der Waals surface area contributed by atoms with Gasteiger partial charge in [-0.15, -0.1) is 0 Å². The van der Waals surface area contributed by atoms with E-state index in [1.165, 1.54) is 6.42 Å². The van der Waals surface area contributed by atoms with Crippen molar-refractivity contribution in [2.45, 2.75) is 40.5 Å². The third-order valence-corrected chi connectivity index (χ3v) is 3.43. The first-order chi connectivity index (χ1) is 7.87. The van der Waals surface area contributed by atoms with Crippen LogP contribution in [0.5, 0.6) is 0 Å². The van der Waals surface area contributed by atoms with Crippen LogP contribution in [0.3, 0.4) is 0 Å². The van der Waals surface area contributed by atoms with E-state index in [2.05, 4.69) is 31.2 Å². The number of hydrogen-bond donors (Lipinski definition) is 1. The van der Waals surface area contributed by atoms with E-state index in [1.54, 1.807) is 0 Å². The van der Waals surface area contributed by atoms with Crippen molar-refractivity contribution in [2.24, 2.45) is 12.5 Å². The van der Waals surface area contributed by atoms with Gasteiger partial charge in [-0.05, 0) is 31.7 Å². The third kappa shape index (κ3) is 4.00. The fourth-order valence-electron chi connectivity index (χ4n) is 1.99. The van der Waals surface area contributed by atoms with E-state index in [9.17, 15) is 0 Å². The Kier molecular flexibility index (Phi) is 5.02. The molecule has 0 amide bonds. The lowest BCUT2D eigenvalue weighted by atomic mass is 9.87. The molecule has 0 bridgehead atoms. The molecule has 98 valence electrons. The summed E-state index contributed by atoms with van der Waals surface area (Å²) < 4.78 is 1.90. The lowest BCUT2D eigenvalue weighted by molar-refractivity contribution is 0.331. The largest absolute Gasteiger partial charge is 0.316 e. The van der Waals surface area contributed by atoms with Crippen LogP contribution in [0.25, 0.3) is 0 Å². The molecule has 0 spiro atoms. The minimum absolute atomic E-state index is 0.193. The molecule has 1 N–H and O–H groups in total. The number of nitrogens with zero attached hydrogens (tertiary/aromatic N) is 2. The second-order valence-corrected chi connectivity index (χ2v) is 5.87. The molecule has 0 saturated carbocycles. The highest BCUT2D eigenvalue weighted by molar-refractivity contribution is 6.31. The van der Waals surface area contributed by atoms with Crippen molar-refractivity contribution >= 4 is 11.6 Å². The number of hydrogen-bond acceptors (Lipinski definition) is 2. The van der Waals surface area contributed by atoms with Crippen molar-refractivity contribution < 1.29 is 0 Å². The van der Waals surface area contributed by atoms with Crippen LogP contribution < -0.4 is 5.32 Å². The summed E-state index contributed by atoms with van der Waals surface area (Å²) in [4.78, 5) is 0. The first-order valence-electron chi connectivity index (χ1n) is 6.26. The molecule has 0 aliphatic heterocycles. The number of halogens is 1. The van der Waals surface area contributed by atoms with Crippen LogP contribution in [-0.2, 0) is 13.5 Å². The van der Waals surface area contributed by atoms with Gasteiger partial charge in [0.05, 0.1) is 16.4 Å². The molecular formula is C13H24ClN3. The summed E-state index contributed by atoms with van der Waals surface area (Å²) in [6.45, 7) is 10.7. The topological polar surface area (TPSA) is 29.9 Å². The van der Waals surface area contributed by atoms with Crippen molar-refractivity contribution in [1.29, 1.82) is 0 Å². The average Bonchev–Trinajstić information content (AvgIpc) is 2.45. The molecule has 0 aliphatic rings. The van der Waals surface area contributed by atoms with Crippen molar-refractivity contribution in [3.05, 3.63) is 16.4 Å². The van der Waals surface area contributed by atoms with E-state index in [0.717, 1.165) is 35.9 Å². The monoisotopic (exact) mass is 257 g/mol. The van der Waals surface area contributed by atoms with Gasteiger partial charge >= 0.3 is 0 Å². The normalized spacial score (nSPS) is 12.1. The molecule has 0 fully saturated rings. The predicted octanol–water partition coefficient (Wildman–Crippen LogP) is 2.95. The Labute approximate surface area is 110 Å². The van der Waals surface area contributed by atoms with Crippen molar-refractivity contribution in [2.75, 3.05) is 13.1 Å². The van der Waals surface area contributed by atoms with Gasteiger partial charge in [0.25, 0.3) is 0 Å². The molecule has 0 atom stereocenters. The standard InChI is InChI=1S/C13H24ClN3/c1-6-7-15-9-13(3,4)8-11-12(14)10(2)16-17(11)5/h15H,6-9H2,1-5H3. The minimum Gasteiger partial charge on any atom is -0.316 e. The van der Waals surface area contributed by atoms with Gasteiger partial charge < -0.3 is 5.32 Å². The van der Waals surface area contributed by atoms with Gasteiger partial charge in [0.15, 0.2) is 0 Å². The number of aromatic nitrogens is 2. The average molecular weight is 258 g/mol. The number of nitrogens with one attached hydrogen (secondary N) is 1. The maximum absolute atomic E-state index is 6.28. The predicted molar refractivity (Wildman–Crippen MR) is 73.6 cm³/mol. The Morgan fingerprint density at radius 1 is 1.41 bits per heavy atom. The lowest BCUT2D eigenvalue weighted by Crippen LogP contribution is -2.32. The summed E-state index contributed by atoms with van der Waals surface area (Å²) >= 11 is 6.28. The molecular weight excluding hydrogens is 234 g/mol. The second-order valence-electron chi connectivity index (χ2n) is 5.49. The van der Waals surface area contributed by atoms with E-state index >= 15 is 0 Å². The molecule has 4 heteroatoms. The van der Waals surface area contributed by atoms with Crippen LogP contribution in [-0.4, -0.2) is 22.9 Å². The zero-order valence-electron chi connectivity index (χ0n) is 11.6. The molecule has 0 saturated heterocycles. The number of rotatable bonds is 6. The Morgan fingerprint density at radius 3 is 2.53 bits per heavy atom. The fraction of sp³-hybridized carbons (Fsp3) is 0.769. The molecule has 0 aromatic carbocycles. The summed E-state index contributed by atoms with van der Waals surface area (Å²) in [5.41, 5.74) is 2.24. The maximum atomic E-state index is 6.28. The van der Waals surface area contributed by atoms with Crippen LogP contribution in [0.1, 0.15) is 38.6 Å². The highest BCUT2D eigenvalue weighted by Gasteiger charge is 2.22. The quantitative estimate of drug-likeness (QED) is 0.794. The third-order valence-electron chi connectivity index (χ3n) is 2.94. The first kappa shape index (κ1) is 14.5. The van der Waals surface area contributed by atoms with Gasteiger partial charge in [-0.2, -0.15) is 5.10 Å². The van der Waals surface area contributed by atoms with Gasteiger partial charge in [0.1, 0.15) is 0 Å². The van der Waals surface area contributed by atoms with Crippen molar-refractivity contribution in [3.8, 4) is 0 Å². The molecule has 3 nitrogen and oxygen atoms in total. The highest BCUT2D eigenvalue weighted by atomic mass is 35.5. The summed E-state index contributed by atoms with van der Waals surface area (Å²) in [5, 5.41) is 8.64. The Balaban J connectivity index is 2.68. The lowest BCUT2D eigenvalue weighted by Gasteiger charge is -2.25. The summed E-state index contributed by atoms with van der Waals surface area (Å²) in [7, 11) is 1.96. The van der Waals surface area contributed by atoms with Gasteiger partial charge in [-0.3, -0.25) is 4.68 Å². The maximum Gasteiger partial charge on any atom is 0.0847 e. The molecule has 1 rings (SSSR count). The molecule has 1 aromatic rings. The summed E-state index contributed by atoms with van der Waals surface area (Å²) in [5.74, 6) is 0. The zero-order chi connectivity index (χ0) is 13.1.